The Morgan fingerprint density at radius 3 is 2.75 bits per heavy atom. The van der Waals surface area contributed by atoms with Crippen LogP contribution in [0, 0.1) is 5.41 Å². The van der Waals surface area contributed by atoms with E-state index in [2.05, 4.69) is 17.2 Å². The van der Waals surface area contributed by atoms with E-state index in [1.54, 1.807) is 0 Å². The van der Waals surface area contributed by atoms with Crippen LogP contribution in [0.5, 0.6) is 0 Å². The van der Waals surface area contributed by atoms with Crippen LogP contribution in [0.15, 0.2) is 28.7 Å². The Hall–Kier alpha value is -2.04. The van der Waals surface area contributed by atoms with Gasteiger partial charge in [0.15, 0.2) is 11.5 Å². The third kappa shape index (κ3) is 2.99. The number of urea groups is 1. The quantitative estimate of drug-likeness (QED) is 0.930. The van der Waals surface area contributed by atoms with Crippen LogP contribution in [0.1, 0.15) is 50.8 Å². The predicted octanol–water partition coefficient (Wildman–Crippen LogP) is 3.91. The molecule has 1 aromatic heterocycles. The molecule has 1 aliphatic carbocycles. The van der Waals surface area contributed by atoms with Crippen molar-refractivity contribution in [2.75, 3.05) is 19.6 Å². The molecule has 0 unspecified atom stereocenters. The second-order valence-corrected chi connectivity index (χ2v) is 7.60. The number of nitrogens with one attached hydrogen (secondary N) is 1. The Balaban J connectivity index is 1.32. The molecule has 2 aromatic rings. The molecule has 2 aliphatic rings. The summed E-state index contributed by atoms with van der Waals surface area (Å²) in [6, 6.07) is 7.96. The van der Waals surface area contributed by atoms with E-state index in [0.717, 1.165) is 49.5 Å². The molecule has 24 heavy (non-hydrogen) atoms. The molecule has 0 radical (unpaired) electrons. The number of carbonyl (C=O) groups excluding carboxylic acids is 1. The summed E-state index contributed by atoms with van der Waals surface area (Å²) in [7, 11) is 0. The molecule has 1 aliphatic heterocycles. The number of benzene rings is 1. The second kappa shape index (κ2) is 6.11. The van der Waals surface area contributed by atoms with E-state index in [4.69, 9.17) is 4.42 Å². The molecule has 2 amide bonds. The Kier molecular flexibility index (Phi) is 3.94. The summed E-state index contributed by atoms with van der Waals surface area (Å²) >= 11 is 0. The lowest BCUT2D eigenvalue weighted by molar-refractivity contribution is 0.141. The third-order valence-corrected chi connectivity index (χ3v) is 5.67. The maximum Gasteiger partial charge on any atom is 0.317 e. The molecule has 5 nitrogen and oxygen atoms in total. The van der Waals surface area contributed by atoms with Crippen LogP contribution in [-0.4, -0.2) is 35.5 Å². The van der Waals surface area contributed by atoms with E-state index in [1.165, 1.54) is 19.3 Å². The lowest BCUT2D eigenvalue weighted by Gasteiger charge is -2.39. The maximum absolute atomic E-state index is 12.3. The van der Waals surface area contributed by atoms with Gasteiger partial charge < -0.3 is 14.6 Å². The number of carbonyl (C=O) groups is 1. The first-order valence-electron chi connectivity index (χ1n) is 9.01. The third-order valence-electron chi connectivity index (χ3n) is 5.67. The topological polar surface area (TPSA) is 58.4 Å². The Labute approximate surface area is 142 Å². The molecule has 4 rings (SSSR count). The molecule has 1 saturated carbocycles. The van der Waals surface area contributed by atoms with Crippen molar-refractivity contribution in [1.82, 2.24) is 15.2 Å². The van der Waals surface area contributed by atoms with Crippen molar-refractivity contribution in [3.05, 3.63) is 30.2 Å². The average Bonchev–Trinajstić information content (AvgIpc) is 3.02. The van der Waals surface area contributed by atoms with Crippen LogP contribution < -0.4 is 5.32 Å². The van der Waals surface area contributed by atoms with E-state index in [-0.39, 0.29) is 6.03 Å². The van der Waals surface area contributed by atoms with Gasteiger partial charge in [-0.1, -0.05) is 25.5 Å². The van der Waals surface area contributed by atoms with Crippen molar-refractivity contribution in [1.29, 1.82) is 0 Å². The van der Waals surface area contributed by atoms with Gasteiger partial charge in [0.2, 0.25) is 0 Å². The highest BCUT2D eigenvalue weighted by Gasteiger charge is 2.33. The smallest absolute Gasteiger partial charge is 0.317 e. The maximum atomic E-state index is 12.3. The van der Waals surface area contributed by atoms with Crippen LogP contribution in [-0.2, 0) is 0 Å². The van der Waals surface area contributed by atoms with Gasteiger partial charge >= 0.3 is 6.03 Å². The van der Waals surface area contributed by atoms with Crippen molar-refractivity contribution < 1.29 is 9.21 Å². The minimum atomic E-state index is 0.0825. The minimum absolute atomic E-state index is 0.0825. The lowest BCUT2D eigenvalue weighted by Crippen LogP contribution is -2.48. The summed E-state index contributed by atoms with van der Waals surface area (Å²) in [4.78, 5) is 18.9. The SMILES string of the molecule is CC1(CNC(=O)N2CCC(c3nc4ccccc4o3)CC2)CCC1. The monoisotopic (exact) mass is 327 g/mol. The Bertz CT molecular complexity index is 694. The highest BCUT2D eigenvalue weighted by molar-refractivity contribution is 5.74. The summed E-state index contributed by atoms with van der Waals surface area (Å²) in [5.74, 6) is 1.13. The van der Waals surface area contributed by atoms with Crippen molar-refractivity contribution in [3.63, 3.8) is 0 Å². The number of hydrogen-bond acceptors (Lipinski definition) is 3. The summed E-state index contributed by atoms with van der Waals surface area (Å²) in [6.45, 7) is 4.60. The molecular formula is C19H25N3O2. The summed E-state index contributed by atoms with van der Waals surface area (Å²) in [5, 5.41) is 3.12. The van der Waals surface area contributed by atoms with Crippen LogP contribution in [0.25, 0.3) is 11.1 Å². The number of piperidine rings is 1. The van der Waals surface area contributed by atoms with Gasteiger partial charge in [0.1, 0.15) is 5.52 Å². The highest BCUT2D eigenvalue weighted by atomic mass is 16.3. The van der Waals surface area contributed by atoms with Crippen molar-refractivity contribution >= 4 is 17.1 Å². The first-order valence-corrected chi connectivity index (χ1v) is 9.01. The second-order valence-electron chi connectivity index (χ2n) is 7.60. The van der Waals surface area contributed by atoms with Crippen LogP contribution in [0.4, 0.5) is 4.79 Å². The highest BCUT2D eigenvalue weighted by Crippen LogP contribution is 2.39. The molecular weight excluding hydrogens is 302 g/mol. The summed E-state index contributed by atoms with van der Waals surface area (Å²) in [5.41, 5.74) is 2.09. The lowest BCUT2D eigenvalue weighted by atomic mass is 9.70. The summed E-state index contributed by atoms with van der Waals surface area (Å²) in [6.07, 6.45) is 5.58. The fourth-order valence-corrected chi connectivity index (χ4v) is 3.75. The number of rotatable bonds is 3. The number of nitrogens with zero attached hydrogens (tertiary/aromatic N) is 2. The van der Waals surface area contributed by atoms with E-state index >= 15 is 0 Å². The van der Waals surface area contributed by atoms with E-state index < -0.39 is 0 Å². The van der Waals surface area contributed by atoms with E-state index in [0.29, 0.717) is 11.3 Å². The zero-order chi connectivity index (χ0) is 16.6. The Morgan fingerprint density at radius 1 is 1.33 bits per heavy atom. The van der Waals surface area contributed by atoms with Crippen molar-refractivity contribution in [2.24, 2.45) is 5.41 Å². The first-order chi connectivity index (χ1) is 11.6. The standard InChI is InChI=1S/C19H25N3O2/c1-19(9-4-10-19)13-20-18(23)22-11-7-14(8-12-22)17-21-15-5-2-3-6-16(15)24-17/h2-3,5-6,14H,4,7-13H2,1H3,(H,20,23). The number of amides is 2. The average molecular weight is 327 g/mol. The van der Waals surface area contributed by atoms with Gasteiger partial charge in [0.25, 0.3) is 0 Å². The molecule has 128 valence electrons. The zero-order valence-electron chi connectivity index (χ0n) is 14.3. The molecule has 1 saturated heterocycles. The van der Waals surface area contributed by atoms with Gasteiger partial charge in [0.05, 0.1) is 0 Å². The normalized spacial score (nSPS) is 20.8. The number of oxazole rings is 1. The molecule has 2 heterocycles. The first kappa shape index (κ1) is 15.5. The number of fused-ring (bicyclic) bond motifs is 1. The van der Waals surface area contributed by atoms with Gasteiger partial charge in [-0.25, -0.2) is 9.78 Å². The van der Waals surface area contributed by atoms with Gasteiger partial charge in [0, 0.05) is 25.6 Å². The van der Waals surface area contributed by atoms with Crippen LogP contribution in [0.3, 0.4) is 0 Å². The van der Waals surface area contributed by atoms with E-state index in [1.807, 2.05) is 29.2 Å². The number of hydrogen-bond donors (Lipinski definition) is 1. The summed E-state index contributed by atoms with van der Waals surface area (Å²) < 4.78 is 5.89. The number of likely N-dealkylation sites (tertiary alicyclic amines) is 1. The predicted molar refractivity (Wildman–Crippen MR) is 92.9 cm³/mol. The number of para-hydroxylation sites is 2. The fourth-order valence-electron chi connectivity index (χ4n) is 3.75. The molecule has 1 aromatic carbocycles. The molecule has 0 spiro atoms. The van der Waals surface area contributed by atoms with Gasteiger partial charge in [-0.2, -0.15) is 0 Å². The van der Waals surface area contributed by atoms with E-state index in [9.17, 15) is 4.79 Å². The van der Waals surface area contributed by atoms with Gasteiger partial charge in [-0.15, -0.1) is 0 Å². The molecule has 1 N–H and O–H groups in total. The minimum Gasteiger partial charge on any atom is -0.440 e. The van der Waals surface area contributed by atoms with Gasteiger partial charge in [-0.3, -0.25) is 0 Å². The van der Waals surface area contributed by atoms with Crippen LogP contribution in [0.2, 0.25) is 0 Å². The van der Waals surface area contributed by atoms with Crippen molar-refractivity contribution in [2.45, 2.75) is 44.9 Å². The molecule has 2 fully saturated rings. The largest absolute Gasteiger partial charge is 0.440 e. The zero-order valence-corrected chi connectivity index (χ0v) is 14.3. The van der Waals surface area contributed by atoms with Gasteiger partial charge in [-0.05, 0) is 43.2 Å². The van der Waals surface area contributed by atoms with Crippen LogP contribution >= 0.6 is 0 Å². The molecule has 5 heteroatoms. The molecule has 0 atom stereocenters. The van der Waals surface area contributed by atoms with Crippen molar-refractivity contribution in [3.8, 4) is 0 Å². The fraction of sp³-hybridized carbons (Fsp3) is 0.579. The molecule has 0 bridgehead atoms. The Morgan fingerprint density at radius 2 is 2.08 bits per heavy atom. The number of aromatic nitrogens is 1.